The number of aromatic nitrogens is 2. The fourth-order valence-electron chi connectivity index (χ4n) is 2.49. The van der Waals surface area contributed by atoms with Crippen LogP contribution in [-0.4, -0.2) is 40.8 Å². The average molecular weight is 350 g/mol. The molecule has 5 nitrogen and oxygen atoms in total. The van der Waals surface area contributed by atoms with Gasteiger partial charge in [0.05, 0.1) is 17.3 Å². The molecule has 1 aromatic carbocycles. The van der Waals surface area contributed by atoms with Crippen molar-refractivity contribution in [1.82, 2.24) is 14.7 Å². The van der Waals surface area contributed by atoms with Crippen LogP contribution in [0.2, 0.25) is 5.02 Å². The highest BCUT2D eigenvalue weighted by atomic mass is 35.5. The van der Waals surface area contributed by atoms with Gasteiger partial charge < -0.3 is 9.64 Å². The second-order valence-corrected chi connectivity index (χ2v) is 6.18. The molecule has 0 saturated carbocycles. The lowest BCUT2D eigenvalue weighted by Crippen LogP contribution is -2.30. The number of carbonyl (C=O) groups is 1. The molecule has 0 aliphatic heterocycles. The van der Waals surface area contributed by atoms with Gasteiger partial charge in [-0.05, 0) is 37.5 Å². The highest BCUT2D eigenvalue weighted by molar-refractivity contribution is 6.34. The molecule has 1 amide bonds. The largest absolute Gasteiger partial charge is 0.494 e. The summed E-state index contributed by atoms with van der Waals surface area (Å²) in [7, 11) is 3.49. The lowest BCUT2D eigenvalue weighted by Gasteiger charge is -2.17. The van der Waals surface area contributed by atoms with Gasteiger partial charge in [0.2, 0.25) is 0 Å². The maximum atomic E-state index is 12.5. The molecule has 0 saturated heterocycles. The molecule has 6 heteroatoms. The summed E-state index contributed by atoms with van der Waals surface area (Å²) in [6, 6.07) is 8.08. The van der Waals surface area contributed by atoms with E-state index in [9.17, 15) is 4.79 Å². The van der Waals surface area contributed by atoms with Crippen molar-refractivity contribution in [2.45, 2.75) is 26.7 Å². The smallest absolute Gasteiger partial charge is 0.273 e. The molecular formula is C18H24ClN3O2. The van der Waals surface area contributed by atoms with Crippen LogP contribution in [0.25, 0.3) is 0 Å². The Morgan fingerprint density at radius 1 is 1.42 bits per heavy atom. The first-order valence-electron chi connectivity index (χ1n) is 8.10. The zero-order chi connectivity index (χ0) is 17.7. The van der Waals surface area contributed by atoms with Crippen molar-refractivity contribution in [3.05, 3.63) is 46.2 Å². The number of nitrogens with zero attached hydrogens (tertiary/aromatic N) is 3. The van der Waals surface area contributed by atoms with Crippen molar-refractivity contribution in [3.63, 3.8) is 0 Å². The summed E-state index contributed by atoms with van der Waals surface area (Å²) in [5.74, 6) is 0.740. The van der Waals surface area contributed by atoms with Gasteiger partial charge in [-0.15, -0.1) is 0 Å². The highest BCUT2D eigenvalue weighted by Crippen LogP contribution is 2.20. The molecule has 0 bridgehead atoms. The number of hydrogen-bond acceptors (Lipinski definition) is 3. The third-order valence-corrected chi connectivity index (χ3v) is 4.36. The molecule has 0 N–H and O–H groups in total. The molecule has 1 aromatic heterocycles. The summed E-state index contributed by atoms with van der Waals surface area (Å²) in [5.41, 5.74) is 2.34. The van der Waals surface area contributed by atoms with Gasteiger partial charge in [-0.2, -0.15) is 5.10 Å². The summed E-state index contributed by atoms with van der Waals surface area (Å²) >= 11 is 6.17. The summed E-state index contributed by atoms with van der Waals surface area (Å²) in [5, 5.41) is 4.60. The Kier molecular flexibility index (Phi) is 6.26. The third-order valence-electron chi connectivity index (χ3n) is 3.91. The van der Waals surface area contributed by atoms with Crippen molar-refractivity contribution in [2.75, 3.05) is 20.2 Å². The Labute approximate surface area is 148 Å². The number of ether oxygens (including phenoxy) is 1. The molecule has 24 heavy (non-hydrogen) atoms. The number of carbonyl (C=O) groups excluding carboxylic acids is 1. The van der Waals surface area contributed by atoms with Crippen molar-refractivity contribution in [2.24, 2.45) is 7.05 Å². The highest BCUT2D eigenvalue weighted by Gasteiger charge is 2.21. The zero-order valence-corrected chi connectivity index (χ0v) is 15.4. The monoisotopic (exact) mass is 349 g/mol. The van der Waals surface area contributed by atoms with Crippen molar-refractivity contribution >= 4 is 17.5 Å². The van der Waals surface area contributed by atoms with Crippen LogP contribution in [0.15, 0.2) is 24.3 Å². The van der Waals surface area contributed by atoms with E-state index in [0.29, 0.717) is 29.6 Å². The summed E-state index contributed by atoms with van der Waals surface area (Å²) in [6.45, 7) is 5.05. The topological polar surface area (TPSA) is 47.4 Å². The Morgan fingerprint density at radius 3 is 2.79 bits per heavy atom. The van der Waals surface area contributed by atoms with Crippen LogP contribution >= 0.6 is 11.6 Å². The molecule has 0 fully saturated rings. The predicted molar refractivity (Wildman–Crippen MR) is 95.8 cm³/mol. The molecule has 130 valence electrons. The predicted octanol–water partition coefficient (Wildman–Crippen LogP) is 3.49. The van der Waals surface area contributed by atoms with Crippen LogP contribution in [0, 0.1) is 6.92 Å². The van der Waals surface area contributed by atoms with Crippen LogP contribution in [-0.2, 0) is 13.5 Å². The maximum Gasteiger partial charge on any atom is 0.273 e. The van der Waals surface area contributed by atoms with Crippen LogP contribution < -0.4 is 4.74 Å². The van der Waals surface area contributed by atoms with Crippen LogP contribution in [0.3, 0.4) is 0 Å². The van der Waals surface area contributed by atoms with E-state index >= 15 is 0 Å². The molecule has 2 rings (SSSR count). The van der Waals surface area contributed by atoms with E-state index in [1.807, 2.05) is 18.2 Å². The maximum absolute atomic E-state index is 12.5. The second-order valence-electron chi connectivity index (χ2n) is 5.80. The van der Waals surface area contributed by atoms with Gasteiger partial charge in [0.15, 0.2) is 0 Å². The Morgan fingerprint density at radius 2 is 2.17 bits per heavy atom. The minimum Gasteiger partial charge on any atom is -0.494 e. The summed E-state index contributed by atoms with van der Waals surface area (Å²) in [6.07, 6.45) is 1.73. The molecular weight excluding hydrogens is 326 g/mol. The zero-order valence-electron chi connectivity index (χ0n) is 14.7. The number of rotatable bonds is 7. The number of hydrogen-bond donors (Lipinski definition) is 0. The Hall–Kier alpha value is -2.01. The fraction of sp³-hybridized carbons (Fsp3) is 0.444. The van der Waals surface area contributed by atoms with Gasteiger partial charge in [-0.3, -0.25) is 9.48 Å². The molecule has 2 aromatic rings. The quantitative estimate of drug-likeness (QED) is 0.719. The van der Waals surface area contributed by atoms with Gasteiger partial charge in [-0.1, -0.05) is 30.7 Å². The van der Waals surface area contributed by atoms with Gasteiger partial charge in [0.25, 0.3) is 5.91 Å². The average Bonchev–Trinajstić information content (AvgIpc) is 2.83. The van der Waals surface area contributed by atoms with E-state index in [2.05, 4.69) is 18.1 Å². The summed E-state index contributed by atoms with van der Waals surface area (Å²) in [4.78, 5) is 14.1. The van der Waals surface area contributed by atoms with E-state index in [1.165, 1.54) is 10.2 Å². The summed E-state index contributed by atoms with van der Waals surface area (Å²) < 4.78 is 7.29. The van der Waals surface area contributed by atoms with E-state index in [4.69, 9.17) is 16.3 Å². The minimum absolute atomic E-state index is 0.129. The Bertz CT molecular complexity index is 712. The lowest BCUT2D eigenvalue weighted by atomic mass is 10.2. The SMILES string of the molecule is CCc1cccc(OCCCN(C)C(=O)c2c(Cl)c(C)nn2C)c1. The minimum atomic E-state index is -0.129. The molecule has 0 atom stereocenters. The Balaban J connectivity index is 1.84. The lowest BCUT2D eigenvalue weighted by molar-refractivity contribution is 0.0777. The molecule has 0 radical (unpaired) electrons. The number of benzene rings is 1. The van der Waals surface area contributed by atoms with Gasteiger partial charge >= 0.3 is 0 Å². The fourth-order valence-corrected chi connectivity index (χ4v) is 2.73. The van der Waals surface area contributed by atoms with Crippen molar-refractivity contribution in [3.8, 4) is 5.75 Å². The van der Waals surface area contributed by atoms with Gasteiger partial charge in [0, 0.05) is 20.6 Å². The first-order chi connectivity index (χ1) is 11.4. The number of amides is 1. The first-order valence-corrected chi connectivity index (χ1v) is 8.48. The van der Waals surface area contributed by atoms with Crippen LogP contribution in [0.1, 0.15) is 35.1 Å². The number of aryl methyl sites for hydroxylation is 3. The second kappa shape index (κ2) is 8.20. The van der Waals surface area contributed by atoms with E-state index in [1.54, 1.807) is 25.9 Å². The van der Waals surface area contributed by atoms with Crippen LogP contribution in [0.4, 0.5) is 0 Å². The molecule has 0 spiro atoms. The van der Waals surface area contributed by atoms with Gasteiger partial charge in [-0.25, -0.2) is 0 Å². The molecule has 0 unspecified atom stereocenters. The van der Waals surface area contributed by atoms with Crippen molar-refractivity contribution in [1.29, 1.82) is 0 Å². The third kappa shape index (κ3) is 4.29. The number of halogens is 1. The normalized spacial score (nSPS) is 10.7. The van der Waals surface area contributed by atoms with E-state index in [0.717, 1.165) is 18.6 Å². The van der Waals surface area contributed by atoms with Gasteiger partial charge in [0.1, 0.15) is 11.4 Å². The molecule has 1 heterocycles. The van der Waals surface area contributed by atoms with E-state index < -0.39 is 0 Å². The first kappa shape index (κ1) is 18.3. The molecule has 0 aliphatic rings. The van der Waals surface area contributed by atoms with Crippen molar-refractivity contribution < 1.29 is 9.53 Å². The standard InChI is InChI=1S/C18H24ClN3O2/c1-5-14-8-6-9-15(12-14)24-11-7-10-21(3)18(23)17-16(19)13(2)20-22(17)4/h6,8-9,12H,5,7,10-11H2,1-4H3. The van der Waals surface area contributed by atoms with E-state index in [-0.39, 0.29) is 5.91 Å². The molecule has 0 aliphatic carbocycles. The van der Waals surface area contributed by atoms with Crippen LogP contribution in [0.5, 0.6) is 5.75 Å².